The Balaban J connectivity index is 1.30. The summed E-state index contributed by atoms with van der Waals surface area (Å²) in [6, 6.07) is 17.5. The van der Waals surface area contributed by atoms with Crippen molar-refractivity contribution >= 4 is 39.7 Å². The highest BCUT2D eigenvalue weighted by Crippen LogP contribution is 2.30. The van der Waals surface area contributed by atoms with Crippen molar-refractivity contribution < 1.29 is 0 Å². The van der Waals surface area contributed by atoms with Crippen LogP contribution in [0.25, 0.3) is 10.9 Å². The molecule has 1 atom stereocenters. The van der Waals surface area contributed by atoms with Crippen LogP contribution < -0.4 is 15.5 Å². The van der Waals surface area contributed by atoms with E-state index in [1.807, 2.05) is 0 Å². The third-order valence-electron chi connectivity index (χ3n) is 6.76. The quantitative estimate of drug-likeness (QED) is 0.572. The Morgan fingerprint density at radius 3 is 2.72 bits per heavy atom. The second kappa shape index (κ2) is 9.04. The number of hydrogen-bond acceptors (Lipinski definition) is 4. The van der Waals surface area contributed by atoms with Crippen LogP contribution in [0.3, 0.4) is 0 Å². The number of pyridine rings is 1. The van der Waals surface area contributed by atoms with Gasteiger partial charge in [0.2, 0.25) is 0 Å². The molecule has 2 N–H and O–H groups in total. The summed E-state index contributed by atoms with van der Waals surface area (Å²) >= 11 is 5.67. The molecule has 6 heteroatoms. The molecule has 32 heavy (non-hydrogen) atoms. The van der Waals surface area contributed by atoms with Crippen LogP contribution in [0, 0.1) is 6.92 Å². The molecule has 166 valence electrons. The molecule has 1 fully saturated rings. The topological polar surface area (TPSA) is 43.4 Å². The van der Waals surface area contributed by atoms with E-state index >= 15 is 0 Å². The molecule has 2 aliphatic rings. The molecular weight excluding hydrogens is 414 g/mol. The van der Waals surface area contributed by atoms with Gasteiger partial charge in [-0.2, -0.15) is 0 Å². The Hall–Kier alpha value is -2.70. The van der Waals surface area contributed by atoms with Crippen molar-refractivity contribution in [3.63, 3.8) is 0 Å². The molecule has 0 bridgehead atoms. The zero-order valence-corrected chi connectivity index (χ0v) is 19.7. The lowest BCUT2D eigenvalue weighted by molar-refractivity contribution is 0.312. The number of piperazine rings is 1. The summed E-state index contributed by atoms with van der Waals surface area (Å²) in [5.41, 5.74) is 6.08. The number of nitrogens with one attached hydrogen (secondary N) is 2. The number of aryl methyl sites for hydroxylation is 2. The monoisotopic (exact) mass is 445 g/mol. The van der Waals surface area contributed by atoms with E-state index in [9.17, 15) is 0 Å². The van der Waals surface area contributed by atoms with Crippen molar-refractivity contribution in [2.45, 2.75) is 32.2 Å². The van der Waals surface area contributed by atoms with Gasteiger partial charge in [0, 0.05) is 37.3 Å². The summed E-state index contributed by atoms with van der Waals surface area (Å²) in [6.45, 7) is 6.38. The number of fused-ring (bicyclic) bond motifs is 2. The number of hydrogen-bond donors (Lipinski definition) is 2. The minimum atomic E-state index is 0.273. The molecule has 1 aliphatic heterocycles. The first-order valence-electron chi connectivity index (χ1n) is 11.6. The summed E-state index contributed by atoms with van der Waals surface area (Å²) in [5, 5.41) is 8.77. The Kier molecular flexibility index (Phi) is 5.98. The predicted octanol–water partition coefficient (Wildman–Crippen LogP) is 4.66. The van der Waals surface area contributed by atoms with Crippen LogP contribution in [0.1, 0.15) is 35.6 Å². The summed E-state index contributed by atoms with van der Waals surface area (Å²) in [7, 11) is 2.18. The standard InChI is InChI=1S/C26H31N5S/c1-18-16-25(31-14-12-30(2)13-15-31)28-24-11-10-20(17-22(18)24)27-26(32)29-23-9-5-7-19-6-3-4-8-21(19)23/h3-4,6,8,10-11,16-17,23H,5,7,9,12-15H2,1-2H3,(H2,27,29,32)/t23-/m0/s1. The van der Waals surface area contributed by atoms with E-state index in [4.69, 9.17) is 17.2 Å². The lowest BCUT2D eigenvalue weighted by atomic mass is 9.88. The maximum atomic E-state index is 5.67. The molecule has 3 aromatic rings. The first-order valence-corrected chi connectivity index (χ1v) is 12.0. The van der Waals surface area contributed by atoms with Crippen molar-refractivity contribution in [3.8, 4) is 0 Å². The second-order valence-corrected chi connectivity index (χ2v) is 9.47. The maximum absolute atomic E-state index is 5.67. The number of nitrogens with zero attached hydrogens (tertiary/aromatic N) is 3. The first-order chi connectivity index (χ1) is 15.6. The van der Waals surface area contributed by atoms with E-state index in [1.165, 1.54) is 28.5 Å². The normalized spacial score (nSPS) is 18.9. The molecule has 1 saturated heterocycles. The highest BCUT2D eigenvalue weighted by atomic mass is 32.1. The van der Waals surface area contributed by atoms with Crippen LogP contribution in [-0.2, 0) is 6.42 Å². The first kappa shape index (κ1) is 21.2. The number of thiocarbonyl (C=S) groups is 1. The van der Waals surface area contributed by atoms with E-state index in [1.54, 1.807) is 0 Å². The van der Waals surface area contributed by atoms with E-state index < -0.39 is 0 Å². The molecule has 1 aliphatic carbocycles. The molecule has 2 heterocycles. The number of rotatable bonds is 3. The minimum Gasteiger partial charge on any atom is -0.356 e. The Labute approximate surface area is 195 Å². The fraction of sp³-hybridized carbons (Fsp3) is 0.385. The zero-order valence-electron chi connectivity index (χ0n) is 18.9. The molecule has 0 amide bonds. The highest BCUT2D eigenvalue weighted by Gasteiger charge is 2.20. The summed E-state index contributed by atoms with van der Waals surface area (Å²) in [6.07, 6.45) is 3.45. The molecular formula is C26H31N5S. The molecule has 5 rings (SSSR count). The molecule has 5 nitrogen and oxygen atoms in total. The fourth-order valence-electron chi connectivity index (χ4n) is 4.88. The van der Waals surface area contributed by atoms with Gasteiger partial charge in [0.1, 0.15) is 5.82 Å². The lowest BCUT2D eigenvalue weighted by Gasteiger charge is -2.33. The van der Waals surface area contributed by atoms with Crippen LogP contribution in [0.15, 0.2) is 48.5 Å². The van der Waals surface area contributed by atoms with Crippen LogP contribution >= 0.6 is 12.2 Å². The van der Waals surface area contributed by atoms with E-state index in [0.717, 1.165) is 56.0 Å². The van der Waals surface area contributed by atoms with E-state index in [2.05, 4.69) is 82.9 Å². The van der Waals surface area contributed by atoms with Gasteiger partial charge in [-0.05, 0) is 86.4 Å². The Morgan fingerprint density at radius 1 is 1.06 bits per heavy atom. The van der Waals surface area contributed by atoms with E-state index in [0.29, 0.717) is 5.11 Å². The molecule has 1 aromatic heterocycles. The average molecular weight is 446 g/mol. The van der Waals surface area contributed by atoms with Gasteiger partial charge in [-0.3, -0.25) is 0 Å². The third-order valence-corrected chi connectivity index (χ3v) is 6.98. The number of anilines is 2. The number of benzene rings is 2. The van der Waals surface area contributed by atoms with Crippen molar-refractivity contribution in [1.82, 2.24) is 15.2 Å². The molecule has 0 saturated carbocycles. The SMILES string of the molecule is Cc1cc(N2CCN(C)CC2)nc2ccc(NC(=S)N[C@H]3CCCc4ccccc43)cc12. The predicted molar refractivity (Wildman–Crippen MR) is 138 cm³/mol. The van der Waals surface area contributed by atoms with Gasteiger partial charge in [-0.25, -0.2) is 4.98 Å². The summed E-state index contributed by atoms with van der Waals surface area (Å²) in [5.74, 6) is 1.08. The number of likely N-dealkylation sites (N-methyl/N-ethyl adjacent to an activating group) is 1. The van der Waals surface area contributed by atoms with Gasteiger partial charge in [0.25, 0.3) is 0 Å². The van der Waals surface area contributed by atoms with Crippen molar-refractivity contribution in [2.75, 3.05) is 43.4 Å². The van der Waals surface area contributed by atoms with Gasteiger partial charge < -0.3 is 20.4 Å². The zero-order chi connectivity index (χ0) is 22.1. The number of aromatic nitrogens is 1. The van der Waals surface area contributed by atoms with Crippen LogP contribution in [-0.4, -0.2) is 48.2 Å². The second-order valence-electron chi connectivity index (χ2n) is 9.06. The molecule has 0 radical (unpaired) electrons. The molecule has 2 aromatic carbocycles. The molecule has 0 spiro atoms. The molecule has 0 unspecified atom stereocenters. The lowest BCUT2D eigenvalue weighted by Crippen LogP contribution is -2.44. The Bertz CT molecular complexity index is 1140. The van der Waals surface area contributed by atoms with Crippen LogP contribution in [0.4, 0.5) is 11.5 Å². The van der Waals surface area contributed by atoms with Crippen molar-refractivity contribution in [1.29, 1.82) is 0 Å². The van der Waals surface area contributed by atoms with Gasteiger partial charge in [-0.1, -0.05) is 24.3 Å². The van der Waals surface area contributed by atoms with Gasteiger partial charge in [-0.15, -0.1) is 0 Å². The smallest absolute Gasteiger partial charge is 0.171 e. The minimum absolute atomic E-state index is 0.273. The van der Waals surface area contributed by atoms with Gasteiger partial charge in [0.05, 0.1) is 11.6 Å². The van der Waals surface area contributed by atoms with Crippen LogP contribution in [0.2, 0.25) is 0 Å². The van der Waals surface area contributed by atoms with E-state index in [-0.39, 0.29) is 6.04 Å². The third kappa shape index (κ3) is 4.43. The Morgan fingerprint density at radius 2 is 1.88 bits per heavy atom. The van der Waals surface area contributed by atoms with Crippen LogP contribution in [0.5, 0.6) is 0 Å². The van der Waals surface area contributed by atoms with Gasteiger partial charge >= 0.3 is 0 Å². The average Bonchev–Trinajstić information content (AvgIpc) is 2.80. The maximum Gasteiger partial charge on any atom is 0.171 e. The highest BCUT2D eigenvalue weighted by molar-refractivity contribution is 7.80. The summed E-state index contributed by atoms with van der Waals surface area (Å²) in [4.78, 5) is 9.71. The van der Waals surface area contributed by atoms with Crippen molar-refractivity contribution in [2.24, 2.45) is 0 Å². The van der Waals surface area contributed by atoms with Crippen molar-refractivity contribution in [3.05, 3.63) is 65.2 Å². The summed E-state index contributed by atoms with van der Waals surface area (Å²) < 4.78 is 0. The fourth-order valence-corrected chi connectivity index (χ4v) is 5.14. The largest absolute Gasteiger partial charge is 0.356 e. The van der Waals surface area contributed by atoms with Gasteiger partial charge in [0.15, 0.2) is 5.11 Å².